The number of nitrogens with zero attached hydrogens (tertiary/aromatic N) is 1. The number of aromatic nitrogens is 2. The lowest BCUT2D eigenvalue weighted by atomic mass is 9.78. The van der Waals surface area contributed by atoms with Crippen LogP contribution in [0.5, 0.6) is 0 Å². The number of carbonyl (C=O) groups excluding carboxylic acids is 1. The van der Waals surface area contributed by atoms with Gasteiger partial charge >= 0.3 is 0 Å². The summed E-state index contributed by atoms with van der Waals surface area (Å²) in [6.07, 6.45) is 3.35. The van der Waals surface area contributed by atoms with Crippen molar-refractivity contribution in [1.29, 1.82) is 0 Å². The summed E-state index contributed by atoms with van der Waals surface area (Å²) in [4.78, 5) is 20.5. The van der Waals surface area contributed by atoms with E-state index >= 15 is 0 Å². The van der Waals surface area contributed by atoms with E-state index in [9.17, 15) is 4.79 Å². The number of methoxy groups -OCH3 is 1. The van der Waals surface area contributed by atoms with Gasteiger partial charge in [-0.3, -0.25) is 4.79 Å². The second-order valence-corrected chi connectivity index (χ2v) is 6.52. The van der Waals surface area contributed by atoms with Crippen molar-refractivity contribution in [3.8, 4) is 0 Å². The van der Waals surface area contributed by atoms with E-state index in [0.29, 0.717) is 13.2 Å². The SMILES string of the molecule is COCC1(C(=O)NCCCc2nc3ccccc3[nH]2)CCNCC1. The third-order valence-electron chi connectivity index (χ3n) is 4.78. The molecule has 2 aromatic rings. The number of carbonyl (C=O) groups is 1. The van der Waals surface area contributed by atoms with Crippen LogP contribution in [0.2, 0.25) is 0 Å². The van der Waals surface area contributed by atoms with Crippen molar-refractivity contribution in [3.63, 3.8) is 0 Å². The van der Waals surface area contributed by atoms with Crippen LogP contribution in [0.25, 0.3) is 11.0 Å². The molecule has 24 heavy (non-hydrogen) atoms. The van der Waals surface area contributed by atoms with Gasteiger partial charge in [0.1, 0.15) is 5.82 Å². The van der Waals surface area contributed by atoms with Crippen molar-refractivity contribution in [2.75, 3.05) is 33.4 Å². The molecule has 6 heteroatoms. The largest absolute Gasteiger partial charge is 0.384 e. The van der Waals surface area contributed by atoms with E-state index in [1.165, 1.54) is 0 Å². The summed E-state index contributed by atoms with van der Waals surface area (Å²) in [5, 5.41) is 6.40. The normalized spacial score (nSPS) is 17.0. The molecular formula is C18H26N4O2. The Balaban J connectivity index is 1.49. The van der Waals surface area contributed by atoms with Crippen LogP contribution in [0, 0.1) is 5.41 Å². The van der Waals surface area contributed by atoms with Crippen molar-refractivity contribution < 1.29 is 9.53 Å². The number of amides is 1. The summed E-state index contributed by atoms with van der Waals surface area (Å²) < 4.78 is 5.31. The number of benzene rings is 1. The zero-order valence-corrected chi connectivity index (χ0v) is 14.2. The Hall–Kier alpha value is -1.92. The summed E-state index contributed by atoms with van der Waals surface area (Å²) in [7, 11) is 1.67. The Labute approximate surface area is 142 Å². The molecule has 1 amide bonds. The Kier molecular flexibility index (Phi) is 5.48. The minimum Gasteiger partial charge on any atom is -0.384 e. The predicted octanol–water partition coefficient (Wildman–Crippen LogP) is 1.63. The van der Waals surface area contributed by atoms with Crippen LogP contribution < -0.4 is 10.6 Å². The molecule has 0 saturated carbocycles. The number of aryl methyl sites for hydroxylation is 1. The average Bonchev–Trinajstić information content (AvgIpc) is 3.02. The van der Waals surface area contributed by atoms with Gasteiger partial charge in [0.25, 0.3) is 0 Å². The fourth-order valence-corrected chi connectivity index (χ4v) is 3.39. The second-order valence-electron chi connectivity index (χ2n) is 6.52. The molecule has 0 aliphatic carbocycles. The van der Waals surface area contributed by atoms with Crippen molar-refractivity contribution in [2.45, 2.75) is 25.7 Å². The van der Waals surface area contributed by atoms with E-state index in [1.807, 2.05) is 24.3 Å². The predicted molar refractivity (Wildman–Crippen MR) is 93.8 cm³/mol. The average molecular weight is 330 g/mol. The Morgan fingerprint density at radius 1 is 1.33 bits per heavy atom. The molecule has 0 spiro atoms. The van der Waals surface area contributed by atoms with Crippen molar-refractivity contribution >= 4 is 16.9 Å². The summed E-state index contributed by atoms with van der Waals surface area (Å²) in [6, 6.07) is 8.02. The standard InChI is InChI=1S/C18H26N4O2/c1-24-13-18(8-11-19-12-9-18)17(23)20-10-4-7-16-21-14-5-2-3-6-15(14)22-16/h2-3,5-6,19H,4,7-13H2,1H3,(H,20,23)(H,21,22). The minimum atomic E-state index is -0.376. The highest BCUT2D eigenvalue weighted by molar-refractivity contribution is 5.83. The lowest BCUT2D eigenvalue weighted by Gasteiger charge is -2.35. The van der Waals surface area contributed by atoms with Gasteiger partial charge in [-0.2, -0.15) is 0 Å². The highest BCUT2D eigenvalue weighted by Gasteiger charge is 2.39. The molecule has 130 valence electrons. The smallest absolute Gasteiger partial charge is 0.228 e. The summed E-state index contributed by atoms with van der Waals surface area (Å²) in [5.41, 5.74) is 1.68. The first-order valence-electron chi connectivity index (χ1n) is 8.65. The highest BCUT2D eigenvalue weighted by Crippen LogP contribution is 2.29. The van der Waals surface area contributed by atoms with E-state index in [0.717, 1.165) is 55.6 Å². The molecule has 2 heterocycles. The first-order chi connectivity index (χ1) is 11.7. The third kappa shape index (κ3) is 3.76. The maximum absolute atomic E-state index is 12.6. The fraction of sp³-hybridized carbons (Fsp3) is 0.556. The van der Waals surface area contributed by atoms with Crippen molar-refractivity contribution in [1.82, 2.24) is 20.6 Å². The van der Waals surface area contributed by atoms with Crippen LogP contribution in [0.4, 0.5) is 0 Å². The number of hydrogen-bond donors (Lipinski definition) is 3. The highest BCUT2D eigenvalue weighted by atomic mass is 16.5. The molecule has 6 nitrogen and oxygen atoms in total. The van der Waals surface area contributed by atoms with Gasteiger partial charge in [0.2, 0.25) is 5.91 Å². The van der Waals surface area contributed by atoms with Gasteiger partial charge in [0.15, 0.2) is 0 Å². The van der Waals surface area contributed by atoms with Crippen LogP contribution in [-0.4, -0.2) is 49.2 Å². The van der Waals surface area contributed by atoms with Crippen LogP contribution in [0.15, 0.2) is 24.3 Å². The number of nitrogens with one attached hydrogen (secondary N) is 3. The van der Waals surface area contributed by atoms with Gasteiger partial charge in [-0.15, -0.1) is 0 Å². The number of imidazole rings is 1. The number of hydrogen-bond acceptors (Lipinski definition) is 4. The lowest BCUT2D eigenvalue weighted by molar-refractivity contribution is -0.136. The molecular weight excluding hydrogens is 304 g/mol. The number of piperidine rings is 1. The minimum absolute atomic E-state index is 0.121. The number of fused-ring (bicyclic) bond motifs is 1. The Morgan fingerprint density at radius 2 is 2.12 bits per heavy atom. The zero-order valence-electron chi connectivity index (χ0n) is 14.2. The zero-order chi connectivity index (χ0) is 16.8. The molecule has 0 unspecified atom stereocenters. The first kappa shape index (κ1) is 16.9. The third-order valence-corrected chi connectivity index (χ3v) is 4.78. The van der Waals surface area contributed by atoms with E-state index in [-0.39, 0.29) is 11.3 Å². The monoisotopic (exact) mass is 330 g/mol. The molecule has 1 fully saturated rings. The van der Waals surface area contributed by atoms with Crippen LogP contribution >= 0.6 is 0 Å². The number of aromatic amines is 1. The van der Waals surface area contributed by atoms with Gasteiger partial charge in [-0.25, -0.2) is 4.98 Å². The fourth-order valence-electron chi connectivity index (χ4n) is 3.39. The van der Waals surface area contributed by atoms with E-state index in [4.69, 9.17) is 4.74 Å². The van der Waals surface area contributed by atoms with Gasteiger partial charge in [0, 0.05) is 20.1 Å². The van der Waals surface area contributed by atoms with Gasteiger partial charge in [0.05, 0.1) is 23.1 Å². The van der Waals surface area contributed by atoms with E-state index in [1.54, 1.807) is 7.11 Å². The van der Waals surface area contributed by atoms with Crippen LogP contribution in [-0.2, 0) is 16.0 Å². The molecule has 1 aromatic carbocycles. The Morgan fingerprint density at radius 3 is 2.88 bits per heavy atom. The summed E-state index contributed by atoms with van der Waals surface area (Å²) in [6.45, 7) is 2.89. The topological polar surface area (TPSA) is 79.0 Å². The maximum Gasteiger partial charge on any atom is 0.228 e. The molecule has 3 N–H and O–H groups in total. The van der Waals surface area contributed by atoms with E-state index in [2.05, 4.69) is 20.6 Å². The number of para-hydroxylation sites is 2. The molecule has 1 aliphatic rings. The van der Waals surface area contributed by atoms with Gasteiger partial charge < -0.3 is 20.4 Å². The molecule has 0 radical (unpaired) electrons. The first-order valence-corrected chi connectivity index (χ1v) is 8.65. The Bertz CT molecular complexity index is 638. The summed E-state index contributed by atoms with van der Waals surface area (Å²) >= 11 is 0. The molecule has 3 rings (SSSR count). The quantitative estimate of drug-likeness (QED) is 0.674. The van der Waals surface area contributed by atoms with Crippen LogP contribution in [0.3, 0.4) is 0 Å². The molecule has 1 aliphatic heterocycles. The van der Waals surface area contributed by atoms with Crippen molar-refractivity contribution in [3.05, 3.63) is 30.1 Å². The second kappa shape index (κ2) is 7.77. The summed E-state index contributed by atoms with van der Waals surface area (Å²) in [5.74, 6) is 1.09. The molecule has 1 saturated heterocycles. The number of rotatable bonds is 7. The molecule has 0 bridgehead atoms. The van der Waals surface area contributed by atoms with E-state index < -0.39 is 0 Å². The molecule has 0 atom stereocenters. The molecule has 1 aromatic heterocycles. The number of ether oxygens (including phenoxy) is 1. The lowest BCUT2D eigenvalue weighted by Crippen LogP contribution is -2.50. The van der Waals surface area contributed by atoms with Crippen molar-refractivity contribution in [2.24, 2.45) is 5.41 Å². The van der Waals surface area contributed by atoms with Crippen LogP contribution in [0.1, 0.15) is 25.1 Å². The van der Waals surface area contributed by atoms with Gasteiger partial charge in [-0.1, -0.05) is 12.1 Å². The van der Waals surface area contributed by atoms with Gasteiger partial charge in [-0.05, 0) is 44.5 Å². The maximum atomic E-state index is 12.6. The number of H-pyrrole nitrogens is 1.